The molecule has 0 saturated carbocycles. The van der Waals surface area contributed by atoms with E-state index in [1.54, 1.807) is 24.3 Å². The number of nitrogens with two attached hydrogens (primary N) is 1. The largest absolute Gasteiger partial charge is 0.416 e. The fourth-order valence-corrected chi connectivity index (χ4v) is 1.64. The summed E-state index contributed by atoms with van der Waals surface area (Å²) in [6.07, 6.45) is -5.59. The van der Waals surface area contributed by atoms with Crippen LogP contribution in [-0.2, 0) is 0 Å². The van der Waals surface area contributed by atoms with Crippen LogP contribution in [0.3, 0.4) is 0 Å². The van der Waals surface area contributed by atoms with Gasteiger partial charge in [-0.05, 0) is 24.3 Å². The van der Waals surface area contributed by atoms with Crippen molar-refractivity contribution in [1.29, 1.82) is 0 Å². The van der Waals surface area contributed by atoms with E-state index in [1.807, 2.05) is 0 Å². The summed E-state index contributed by atoms with van der Waals surface area (Å²) in [5.41, 5.74) is 7.17. The van der Waals surface area contributed by atoms with E-state index in [-0.39, 0.29) is 0 Å². The first kappa shape index (κ1) is 13.4. The number of aliphatic hydroxyl groups excluding tert-OH is 1. The number of rotatable bonds is 3. The first-order valence-electron chi connectivity index (χ1n) is 5.51. The molecular formula is C12H12F3N3O. The zero-order valence-corrected chi connectivity index (χ0v) is 9.78. The predicted octanol–water partition coefficient (Wildman–Crippen LogP) is 2.15. The van der Waals surface area contributed by atoms with Crippen LogP contribution in [0.1, 0.15) is 0 Å². The predicted molar refractivity (Wildman–Crippen MR) is 66.7 cm³/mol. The number of benzene rings is 1. The lowest BCUT2D eigenvalue weighted by Gasteiger charge is -2.16. The molecule has 4 N–H and O–H groups in total. The third-order valence-electron chi connectivity index (χ3n) is 2.63. The number of nitrogens with one attached hydrogen (secondary N) is 1. The molecule has 0 spiro atoms. The van der Waals surface area contributed by atoms with Gasteiger partial charge in [0.15, 0.2) is 6.10 Å². The summed E-state index contributed by atoms with van der Waals surface area (Å²) in [7, 11) is 0. The van der Waals surface area contributed by atoms with E-state index < -0.39 is 18.8 Å². The summed E-state index contributed by atoms with van der Waals surface area (Å²) in [6, 6.07) is 6.47. The molecule has 0 amide bonds. The van der Waals surface area contributed by atoms with Crippen LogP contribution in [-0.4, -0.2) is 28.9 Å². The number of alkyl halides is 3. The molecule has 0 aliphatic carbocycles. The number of hydrogen-bond acceptors (Lipinski definition) is 4. The lowest BCUT2D eigenvalue weighted by molar-refractivity contribution is -0.198. The highest BCUT2D eigenvalue weighted by Gasteiger charge is 2.37. The zero-order chi connectivity index (χ0) is 14.0. The molecule has 0 fully saturated rings. The van der Waals surface area contributed by atoms with Crippen molar-refractivity contribution in [2.45, 2.75) is 12.3 Å². The van der Waals surface area contributed by atoms with Gasteiger partial charge in [-0.3, -0.25) is 4.98 Å². The molecular weight excluding hydrogens is 259 g/mol. The SMILES string of the molecule is Nc1ccc2c(NCC(O)C(F)(F)F)ccnc2c1. The van der Waals surface area contributed by atoms with Gasteiger partial charge in [0.05, 0.1) is 5.52 Å². The monoisotopic (exact) mass is 271 g/mol. The maximum atomic E-state index is 12.2. The molecule has 2 aromatic rings. The van der Waals surface area contributed by atoms with Crippen LogP contribution in [0.25, 0.3) is 10.9 Å². The third kappa shape index (κ3) is 3.05. The molecule has 0 aliphatic rings. The number of aliphatic hydroxyl groups is 1. The van der Waals surface area contributed by atoms with E-state index in [0.717, 1.165) is 0 Å². The zero-order valence-electron chi connectivity index (χ0n) is 9.78. The number of hydrogen-bond donors (Lipinski definition) is 3. The van der Waals surface area contributed by atoms with Gasteiger partial charge in [-0.25, -0.2) is 0 Å². The molecule has 102 valence electrons. The summed E-state index contributed by atoms with van der Waals surface area (Å²) in [5, 5.41) is 12.1. The summed E-state index contributed by atoms with van der Waals surface area (Å²) in [4.78, 5) is 4.07. The molecule has 4 nitrogen and oxygen atoms in total. The van der Waals surface area contributed by atoms with Gasteiger partial charge in [-0.15, -0.1) is 0 Å². The Bertz CT molecular complexity index is 586. The van der Waals surface area contributed by atoms with Crippen LogP contribution in [0.15, 0.2) is 30.5 Å². The van der Waals surface area contributed by atoms with Gasteiger partial charge in [0, 0.05) is 29.5 Å². The van der Waals surface area contributed by atoms with Gasteiger partial charge in [0.1, 0.15) is 0 Å². The Balaban J connectivity index is 2.22. The first-order valence-corrected chi connectivity index (χ1v) is 5.51. The minimum atomic E-state index is -4.64. The van der Waals surface area contributed by atoms with Crippen molar-refractivity contribution < 1.29 is 18.3 Å². The van der Waals surface area contributed by atoms with Crippen molar-refractivity contribution in [1.82, 2.24) is 4.98 Å². The molecule has 19 heavy (non-hydrogen) atoms. The van der Waals surface area contributed by atoms with Gasteiger partial charge in [-0.2, -0.15) is 13.2 Å². The molecule has 1 unspecified atom stereocenters. The van der Waals surface area contributed by atoms with Gasteiger partial charge < -0.3 is 16.2 Å². The molecule has 1 heterocycles. The minimum absolute atomic E-state index is 0.466. The standard InChI is InChI=1S/C12H12F3N3O/c13-12(14,15)11(19)6-18-9-3-4-17-10-5-7(16)1-2-8(9)10/h1-5,11,19H,6,16H2,(H,17,18). The van der Waals surface area contributed by atoms with Crippen LogP contribution in [0.4, 0.5) is 24.5 Å². The second kappa shape index (κ2) is 4.93. The molecule has 0 saturated heterocycles. The number of halogens is 3. The summed E-state index contributed by atoms with van der Waals surface area (Å²) < 4.78 is 36.6. The number of nitrogen functional groups attached to an aromatic ring is 1. The average molecular weight is 271 g/mol. The Morgan fingerprint density at radius 1 is 1.32 bits per heavy atom. The van der Waals surface area contributed by atoms with Crippen molar-refractivity contribution in [2.24, 2.45) is 0 Å². The van der Waals surface area contributed by atoms with Crippen LogP contribution in [0, 0.1) is 0 Å². The molecule has 2 rings (SSSR count). The molecule has 1 aromatic heterocycles. The van der Waals surface area contributed by atoms with Crippen LogP contribution in [0.2, 0.25) is 0 Å². The van der Waals surface area contributed by atoms with Crippen molar-refractivity contribution in [3.8, 4) is 0 Å². The summed E-state index contributed by atoms with van der Waals surface area (Å²) in [6.45, 7) is -0.618. The Hall–Kier alpha value is -2.02. The van der Waals surface area contributed by atoms with Gasteiger partial charge in [-0.1, -0.05) is 0 Å². The first-order chi connectivity index (χ1) is 8.88. The van der Waals surface area contributed by atoms with Crippen molar-refractivity contribution in [3.63, 3.8) is 0 Å². The number of fused-ring (bicyclic) bond motifs is 1. The molecule has 0 aliphatic heterocycles. The van der Waals surface area contributed by atoms with Crippen LogP contribution in [0.5, 0.6) is 0 Å². The molecule has 7 heteroatoms. The fourth-order valence-electron chi connectivity index (χ4n) is 1.64. The number of anilines is 2. The normalized spacial score (nSPS) is 13.5. The highest BCUT2D eigenvalue weighted by Crippen LogP contribution is 2.25. The van der Waals surface area contributed by atoms with Crippen LogP contribution >= 0.6 is 0 Å². The number of nitrogens with zero attached hydrogens (tertiary/aromatic N) is 1. The van der Waals surface area contributed by atoms with Crippen LogP contribution < -0.4 is 11.1 Å². The third-order valence-corrected chi connectivity index (χ3v) is 2.63. The smallest absolute Gasteiger partial charge is 0.399 e. The summed E-state index contributed by atoms with van der Waals surface area (Å²) in [5.74, 6) is 0. The van der Waals surface area contributed by atoms with Gasteiger partial charge in [0.25, 0.3) is 0 Å². The van der Waals surface area contributed by atoms with Crippen molar-refractivity contribution >= 4 is 22.3 Å². The second-order valence-electron chi connectivity index (χ2n) is 4.07. The van der Waals surface area contributed by atoms with E-state index >= 15 is 0 Å². The van der Waals surface area contributed by atoms with Crippen molar-refractivity contribution in [3.05, 3.63) is 30.5 Å². The molecule has 0 bridgehead atoms. The maximum absolute atomic E-state index is 12.2. The fraction of sp³-hybridized carbons (Fsp3) is 0.250. The van der Waals surface area contributed by atoms with E-state index in [1.165, 1.54) is 6.20 Å². The topological polar surface area (TPSA) is 71.2 Å². The summed E-state index contributed by atoms with van der Waals surface area (Å²) >= 11 is 0. The minimum Gasteiger partial charge on any atom is -0.399 e. The van der Waals surface area contributed by atoms with Crippen molar-refractivity contribution in [2.75, 3.05) is 17.6 Å². The highest BCUT2D eigenvalue weighted by atomic mass is 19.4. The quantitative estimate of drug-likeness (QED) is 0.748. The Morgan fingerprint density at radius 2 is 2.05 bits per heavy atom. The lowest BCUT2D eigenvalue weighted by Crippen LogP contribution is -2.35. The lowest BCUT2D eigenvalue weighted by atomic mass is 10.1. The number of aromatic nitrogens is 1. The highest BCUT2D eigenvalue weighted by molar-refractivity contribution is 5.92. The Kier molecular flexibility index (Phi) is 3.48. The van der Waals surface area contributed by atoms with E-state index in [9.17, 15) is 13.2 Å². The van der Waals surface area contributed by atoms with E-state index in [0.29, 0.717) is 22.3 Å². The molecule has 1 aromatic carbocycles. The second-order valence-corrected chi connectivity index (χ2v) is 4.07. The Morgan fingerprint density at radius 3 is 2.74 bits per heavy atom. The van der Waals surface area contributed by atoms with Gasteiger partial charge >= 0.3 is 6.18 Å². The molecule has 0 radical (unpaired) electrons. The molecule has 1 atom stereocenters. The van der Waals surface area contributed by atoms with E-state index in [4.69, 9.17) is 10.8 Å². The Labute approximate surface area is 107 Å². The average Bonchev–Trinajstić information content (AvgIpc) is 2.34. The van der Waals surface area contributed by atoms with E-state index in [2.05, 4.69) is 10.3 Å². The van der Waals surface area contributed by atoms with Gasteiger partial charge in [0.2, 0.25) is 0 Å². The number of pyridine rings is 1. The maximum Gasteiger partial charge on any atom is 0.416 e.